The first-order valence-corrected chi connectivity index (χ1v) is 7.12. The normalized spacial score (nSPS) is 18.2. The van der Waals surface area contributed by atoms with Gasteiger partial charge in [-0.15, -0.1) is 0 Å². The highest BCUT2D eigenvalue weighted by atomic mass is 16.4. The molecule has 0 saturated carbocycles. The van der Waals surface area contributed by atoms with Crippen LogP contribution in [0.15, 0.2) is 36.9 Å². The maximum absolute atomic E-state index is 12.6. The molecule has 7 heteroatoms. The van der Waals surface area contributed by atoms with Crippen LogP contribution in [-0.2, 0) is 4.79 Å². The standard InChI is InChI=1S/C15H16N4O3/c20-14(18-6-2-4-12(8-18)15(21)22)11-3-1-5-13(7-11)19-10-16-9-17-19/h1,3,5,7,9-10,12H,2,4,6,8H2,(H,21,22)/t12-/m1/s1. The second kappa shape index (κ2) is 5.97. The number of carboxylic acid groups (broad SMARTS) is 1. The fourth-order valence-electron chi connectivity index (χ4n) is 2.67. The molecule has 1 saturated heterocycles. The lowest BCUT2D eigenvalue weighted by molar-refractivity contribution is -0.143. The first-order chi connectivity index (χ1) is 10.6. The fourth-order valence-corrected chi connectivity index (χ4v) is 2.67. The van der Waals surface area contributed by atoms with Crippen molar-refractivity contribution in [2.75, 3.05) is 13.1 Å². The molecule has 1 aromatic carbocycles. The Bertz CT molecular complexity index is 684. The van der Waals surface area contributed by atoms with Crippen molar-refractivity contribution < 1.29 is 14.7 Å². The number of aromatic nitrogens is 3. The van der Waals surface area contributed by atoms with Gasteiger partial charge in [0, 0.05) is 18.7 Å². The van der Waals surface area contributed by atoms with E-state index in [4.69, 9.17) is 5.11 Å². The number of aliphatic carboxylic acids is 1. The molecule has 0 spiro atoms. The fraction of sp³-hybridized carbons (Fsp3) is 0.333. The topological polar surface area (TPSA) is 88.3 Å². The molecule has 1 amide bonds. The molecule has 1 fully saturated rings. The maximum atomic E-state index is 12.6. The predicted octanol–water partition coefficient (Wildman–Crippen LogP) is 1.20. The summed E-state index contributed by atoms with van der Waals surface area (Å²) in [6.45, 7) is 0.859. The summed E-state index contributed by atoms with van der Waals surface area (Å²) in [5.41, 5.74) is 1.27. The zero-order valence-corrected chi connectivity index (χ0v) is 11.9. The van der Waals surface area contributed by atoms with Gasteiger partial charge in [0.15, 0.2) is 0 Å². The minimum atomic E-state index is -0.839. The van der Waals surface area contributed by atoms with Crippen molar-refractivity contribution in [2.24, 2.45) is 5.92 Å². The zero-order chi connectivity index (χ0) is 15.5. The lowest BCUT2D eigenvalue weighted by Crippen LogP contribution is -2.42. The van der Waals surface area contributed by atoms with E-state index in [1.807, 2.05) is 6.07 Å². The molecule has 1 atom stereocenters. The molecule has 1 N–H and O–H groups in total. The molecule has 2 heterocycles. The van der Waals surface area contributed by atoms with Crippen molar-refractivity contribution in [3.63, 3.8) is 0 Å². The average molecular weight is 300 g/mol. The van der Waals surface area contributed by atoms with Crippen LogP contribution >= 0.6 is 0 Å². The first kappa shape index (κ1) is 14.2. The smallest absolute Gasteiger partial charge is 0.308 e. The van der Waals surface area contributed by atoms with E-state index in [1.54, 1.807) is 34.1 Å². The second-order valence-corrected chi connectivity index (χ2v) is 5.32. The Morgan fingerprint density at radius 1 is 1.32 bits per heavy atom. The predicted molar refractivity (Wildman–Crippen MR) is 77.6 cm³/mol. The lowest BCUT2D eigenvalue weighted by Gasteiger charge is -2.30. The average Bonchev–Trinajstić information content (AvgIpc) is 3.09. The number of likely N-dealkylation sites (tertiary alicyclic amines) is 1. The van der Waals surface area contributed by atoms with Gasteiger partial charge in [-0.2, -0.15) is 5.10 Å². The molecule has 1 aliphatic heterocycles. The minimum Gasteiger partial charge on any atom is -0.481 e. The number of amides is 1. The van der Waals surface area contributed by atoms with Gasteiger partial charge in [-0.1, -0.05) is 6.07 Å². The summed E-state index contributed by atoms with van der Waals surface area (Å²) < 4.78 is 1.58. The van der Waals surface area contributed by atoms with E-state index in [0.717, 1.165) is 5.69 Å². The van der Waals surface area contributed by atoms with Crippen molar-refractivity contribution in [1.82, 2.24) is 19.7 Å². The van der Waals surface area contributed by atoms with E-state index in [2.05, 4.69) is 10.1 Å². The number of piperidine rings is 1. The molecule has 114 valence electrons. The third-order valence-corrected chi connectivity index (χ3v) is 3.83. The Morgan fingerprint density at radius 3 is 2.91 bits per heavy atom. The summed E-state index contributed by atoms with van der Waals surface area (Å²) in [6, 6.07) is 7.08. The van der Waals surface area contributed by atoms with Gasteiger partial charge in [0.05, 0.1) is 11.6 Å². The van der Waals surface area contributed by atoms with E-state index >= 15 is 0 Å². The van der Waals surface area contributed by atoms with Gasteiger partial charge in [-0.05, 0) is 31.0 Å². The first-order valence-electron chi connectivity index (χ1n) is 7.12. The van der Waals surface area contributed by atoms with Gasteiger partial charge in [0.1, 0.15) is 12.7 Å². The van der Waals surface area contributed by atoms with Gasteiger partial charge in [-0.25, -0.2) is 9.67 Å². The van der Waals surface area contributed by atoms with Crippen molar-refractivity contribution >= 4 is 11.9 Å². The van der Waals surface area contributed by atoms with Crippen LogP contribution in [0.3, 0.4) is 0 Å². The molecule has 1 aromatic heterocycles. The zero-order valence-electron chi connectivity index (χ0n) is 11.9. The van der Waals surface area contributed by atoms with Crippen LogP contribution in [0.2, 0.25) is 0 Å². The van der Waals surface area contributed by atoms with Crippen LogP contribution < -0.4 is 0 Å². The van der Waals surface area contributed by atoms with Crippen molar-refractivity contribution in [1.29, 1.82) is 0 Å². The third-order valence-electron chi connectivity index (χ3n) is 3.83. The van der Waals surface area contributed by atoms with Gasteiger partial charge in [-0.3, -0.25) is 9.59 Å². The summed E-state index contributed by atoms with van der Waals surface area (Å²) in [6.07, 6.45) is 4.32. The number of carbonyl (C=O) groups is 2. The maximum Gasteiger partial charge on any atom is 0.308 e. The number of hydrogen-bond donors (Lipinski definition) is 1. The van der Waals surface area contributed by atoms with Crippen LogP contribution in [0.1, 0.15) is 23.2 Å². The summed E-state index contributed by atoms with van der Waals surface area (Å²) in [5.74, 6) is -1.46. The SMILES string of the molecule is O=C(O)[C@@H]1CCCN(C(=O)c2cccc(-n3cncn3)c2)C1. The van der Waals surface area contributed by atoms with E-state index in [-0.39, 0.29) is 12.5 Å². The number of rotatable bonds is 3. The lowest BCUT2D eigenvalue weighted by atomic mass is 9.97. The van der Waals surface area contributed by atoms with Crippen LogP contribution in [0.25, 0.3) is 5.69 Å². The number of carbonyl (C=O) groups excluding carboxylic acids is 1. The van der Waals surface area contributed by atoms with Gasteiger partial charge in [0.2, 0.25) is 0 Å². The highest BCUT2D eigenvalue weighted by Crippen LogP contribution is 2.19. The molecule has 3 rings (SSSR count). The van der Waals surface area contributed by atoms with E-state index in [9.17, 15) is 9.59 Å². The van der Waals surface area contributed by atoms with Crippen LogP contribution in [0.4, 0.5) is 0 Å². The quantitative estimate of drug-likeness (QED) is 0.920. The summed E-state index contributed by atoms with van der Waals surface area (Å²) in [5, 5.41) is 13.2. The Balaban J connectivity index is 1.80. The number of nitrogens with zero attached hydrogens (tertiary/aromatic N) is 4. The van der Waals surface area contributed by atoms with E-state index in [1.165, 1.54) is 6.33 Å². The van der Waals surface area contributed by atoms with Crippen LogP contribution in [0.5, 0.6) is 0 Å². The molecule has 0 bridgehead atoms. The highest BCUT2D eigenvalue weighted by molar-refractivity contribution is 5.95. The summed E-state index contributed by atoms with van der Waals surface area (Å²) in [7, 11) is 0. The van der Waals surface area contributed by atoms with Crippen LogP contribution in [0, 0.1) is 5.92 Å². The molecule has 0 unspecified atom stereocenters. The number of carboxylic acids is 1. The van der Waals surface area contributed by atoms with E-state index < -0.39 is 11.9 Å². The Hall–Kier alpha value is -2.70. The van der Waals surface area contributed by atoms with Crippen molar-refractivity contribution in [2.45, 2.75) is 12.8 Å². The molecular formula is C15H16N4O3. The van der Waals surface area contributed by atoms with Crippen molar-refractivity contribution in [3.8, 4) is 5.69 Å². The van der Waals surface area contributed by atoms with Crippen LogP contribution in [-0.4, -0.2) is 49.7 Å². The monoisotopic (exact) mass is 300 g/mol. The minimum absolute atomic E-state index is 0.145. The Labute approximate surface area is 127 Å². The largest absolute Gasteiger partial charge is 0.481 e. The summed E-state index contributed by atoms with van der Waals surface area (Å²) >= 11 is 0. The molecular weight excluding hydrogens is 284 g/mol. The number of benzene rings is 1. The molecule has 0 aliphatic carbocycles. The van der Waals surface area contributed by atoms with Gasteiger partial charge in [0.25, 0.3) is 5.91 Å². The second-order valence-electron chi connectivity index (χ2n) is 5.32. The molecule has 0 radical (unpaired) electrons. The van der Waals surface area contributed by atoms with Gasteiger partial charge < -0.3 is 10.0 Å². The van der Waals surface area contributed by atoms with Crippen molar-refractivity contribution in [3.05, 3.63) is 42.5 Å². The molecule has 1 aliphatic rings. The highest BCUT2D eigenvalue weighted by Gasteiger charge is 2.28. The third kappa shape index (κ3) is 2.83. The Kier molecular flexibility index (Phi) is 3.86. The summed E-state index contributed by atoms with van der Waals surface area (Å²) in [4.78, 5) is 29.2. The van der Waals surface area contributed by atoms with Gasteiger partial charge >= 0.3 is 5.97 Å². The molecule has 2 aromatic rings. The number of hydrogen-bond acceptors (Lipinski definition) is 4. The Morgan fingerprint density at radius 2 is 2.18 bits per heavy atom. The molecule has 7 nitrogen and oxygen atoms in total. The van der Waals surface area contributed by atoms with E-state index in [0.29, 0.717) is 24.9 Å². The molecule has 22 heavy (non-hydrogen) atoms.